The van der Waals surface area contributed by atoms with Crippen LogP contribution in [0, 0.1) is 0 Å². The van der Waals surface area contributed by atoms with Crippen molar-refractivity contribution in [2.24, 2.45) is 0 Å². The minimum Gasteiger partial charge on any atom is -0.496 e. The van der Waals surface area contributed by atoms with Crippen molar-refractivity contribution in [3.63, 3.8) is 0 Å². The second kappa shape index (κ2) is 4.85. The third kappa shape index (κ3) is 1.84. The van der Waals surface area contributed by atoms with E-state index >= 15 is 0 Å². The van der Waals surface area contributed by atoms with Crippen molar-refractivity contribution in [2.45, 2.75) is 0 Å². The first-order valence-electron chi connectivity index (χ1n) is 6.81. The second-order valence-corrected chi connectivity index (χ2v) is 5.98. The Kier molecular flexibility index (Phi) is 2.94. The Bertz CT molecular complexity index is 1100. The highest BCUT2D eigenvalue weighted by molar-refractivity contribution is 9.10. The first-order chi connectivity index (χ1) is 10.7. The van der Waals surface area contributed by atoms with E-state index in [1.807, 2.05) is 36.4 Å². The van der Waals surface area contributed by atoms with E-state index in [2.05, 4.69) is 15.9 Å². The minimum absolute atomic E-state index is 0.0679. The number of hydrogen-bond donors (Lipinski definition) is 0. The lowest BCUT2D eigenvalue weighted by Gasteiger charge is -2.08. The maximum absolute atomic E-state index is 13.0. The Morgan fingerprint density at radius 2 is 1.82 bits per heavy atom. The highest BCUT2D eigenvalue weighted by Crippen LogP contribution is 2.30. The zero-order valence-corrected chi connectivity index (χ0v) is 13.3. The maximum Gasteiger partial charge on any atom is 0.204 e. The average molecular weight is 355 g/mol. The monoisotopic (exact) mass is 354 g/mol. The number of fused-ring (bicyclic) bond motifs is 4. The van der Waals surface area contributed by atoms with E-state index < -0.39 is 0 Å². The number of rotatable bonds is 1. The molecule has 0 spiro atoms. The van der Waals surface area contributed by atoms with Crippen molar-refractivity contribution in [1.29, 1.82) is 0 Å². The fourth-order valence-electron chi connectivity index (χ4n) is 2.83. The zero-order valence-electron chi connectivity index (χ0n) is 11.7. The molecule has 108 valence electrons. The van der Waals surface area contributed by atoms with Crippen LogP contribution in [0.25, 0.3) is 32.7 Å². The van der Waals surface area contributed by atoms with Crippen molar-refractivity contribution < 1.29 is 9.15 Å². The second-order valence-electron chi connectivity index (χ2n) is 5.07. The van der Waals surface area contributed by atoms with Crippen LogP contribution in [0.5, 0.6) is 5.75 Å². The molecule has 22 heavy (non-hydrogen) atoms. The van der Waals surface area contributed by atoms with E-state index in [-0.39, 0.29) is 5.43 Å². The molecule has 4 rings (SSSR count). The summed E-state index contributed by atoms with van der Waals surface area (Å²) in [4.78, 5) is 13.0. The molecule has 3 aromatic carbocycles. The number of hydrogen-bond acceptors (Lipinski definition) is 3. The molecule has 0 aliphatic carbocycles. The molecule has 1 aromatic heterocycles. The molecule has 1 heterocycles. The predicted octanol–water partition coefficient (Wildman–Crippen LogP) is 4.87. The molecule has 0 aliphatic heterocycles. The zero-order chi connectivity index (χ0) is 15.3. The normalized spacial score (nSPS) is 11.4. The van der Waals surface area contributed by atoms with Gasteiger partial charge >= 0.3 is 0 Å². The van der Waals surface area contributed by atoms with Gasteiger partial charge in [-0.2, -0.15) is 0 Å². The Hall–Kier alpha value is -2.33. The summed E-state index contributed by atoms with van der Waals surface area (Å²) in [5.41, 5.74) is 1.05. The van der Waals surface area contributed by atoms with Crippen LogP contribution < -0.4 is 10.2 Å². The lowest BCUT2D eigenvalue weighted by molar-refractivity contribution is 0.419. The van der Waals surface area contributed by atoms with Crippen LogP contribution in [-0.2, 0) is 0 Å². The first-order valence-corrected chi connectivity index (χ1v) is 7.60. The van der Waals surface area contributed by atoms with Crippen molar-refractivity contribution in [2.75, 3.05) is 7.11 Å². The van der Waals surface area contributed by atoms with Gasteiger partial charge in [0.2, 0.25) is 5.43 Å². The predicted molar refractivity (Wildman–Crippen MR) is 91.7 cm³/mol. The summed E-state index contributed by atoms with van der Waals surface area (Å²) in [6.07, 6.45) is 0. The van der Waals surface area contributed by atoms with Crippen LogP contribution in [0.1, 0.15) is 0 Å². The third-order valence-electron chi connectivity index (χ3n) is 3.83. The van der Waals surface area contributed by atoms with Gasteiger partial charge in [-0.3, -0.25) is 4.79 Å². The van der Waals surface area contributed by atoms with Gasteiger partial charge in [0.1, 0.15) is 22.3 Å². The Labute approximate surface area is 134 Å². The molecule has 0 fully saturated rings. The molecule has 0 unspecified atom stereocenters. The first kappa shape index (κ1) is 13.3. The van der Waals surface area contributed by atoms with E-state index in [9.17, 15) is 4.79 Å². The molecule has 4 aromatic rings. The largest absolute Gasteiger partial charge is 0.496 e. The van der Waals surface area contributed by atoms with Gasteiger partial charge in [-0.15, -0.1) is 0 Å². The van der Waals surface area contributed by atoms with E-state index in [1.54, 1.807) is 19.2 Å². The summed E-state index contributed by atoms with van der Waals surface area (Å²) in [5.74, 6) is 0.530. The summed E-state index contributed by atoms with van der Waals surface area (Å²) in [7, 11) is 1.55. The molecule has 4 heteroatoms. The molecule has 0 radical (unpaired) electrons. The van der Waals surface area contributed by atoms with Gasteiger partial charge < -0.3 is 9.15 Å². The van der Waals surface area contributed by atoms with Gasteiger partial charge in [0.15, 0.2) is 0 Å². The fourth-order valence-corrected chi connectivity index (χ4v) is 3.21. The van der Waals surface area contributed by atoms with Crippen LogP contribution in [0.4, 0.5) is 0 Å². The van der Waals surface area contributed by atoms with E-state index in [4.69, 9.17) is 9.15 Å². The molecular formula is C18H11BrO3. The highest BCUT2D eigenvalue weighted by atomic mass is 79.9. The Morgan fingerprint density at radius 3 is 2.64 bits per heavy atom. The van der Waals surface area contributed by atoms with E-state index in [1.165, 1.54) is 0 Å². The number of halogens is 1. The third-order valence-corrected chi connectivity index (χ3v) is 4.32. The summed E-state index contributed by atoms with van der Waals surface area (Å²) >= 11 is 3.46. The van der Waals surface area contributed by atoms with Crippen molar-refractivity contribution in [3.05, 3.63) is 63.2 Å². The van der Waals surface area contributed by atoms with Crippen molar-refractivity contribution in [3.8, 4) is 5.75 Å². The molecule has 3 nitrogen and oxygen atoms in total. The standard InChI is InChI=1S/C18H11BrO3/c1-21-13-3-2-4-14-17(13)18(20)16-12-7-6-11(19)9-10(12)5-8-15(16)22-14/h2-9H,1H3. The smallest absolute Gasteiger partial charge is 0.204 e. The SMILES string of the molecule is COc1cccc2oc3ccc4cc(Br)ccc4c3c(=O)c12. The van der Waals surface area contributed by atoms with Crippen molar-refractivity contribution >= 4 is 48.6 Å². The van der Waals surface area contributed by atoms with Gasteiger partial charge in [0.05, 0.1) is 12.5 Å². The maximum atomic E-state index is 13.0. The molecular weight excluding hydrogens is 344 g/mol. The van der Waals surface area contributed by atoms with Crippen LogP contribution >= 0.6 is 15.9 Å². The Morgan fingerprint density at radius 1 is 1.00 bits per heavy atom. The van der Waals surface area contributed by atoms with Crippen molar-refractivity contribution in [1.82, 2.24) is 0 Å². The minimum atomic E-state index is -0.0679. The summed E-state index contributed by atoms with van der Waals surface area (Å²) in [6.45, 7) is 0. The highest BCUT2D eigenvalue weighted by Gasteiger charge is 2.14. The van der Waals surface area contributed by atoms with Gasteiger partial charge in [-0.25, -0.2) is 0 Å². The fraction of sp³-hybridized carbons (Fsp3) is 0.0556. The molecule has 0 atom stereocenters. The molecule has 0 saturated carbocycles. The molecule has 0 N–H and O–H groups in total. The molecule has 0 bridgehead atoms. The van der Waals surface area contributed by atoms with Gasteiger partial charge in [0, 0.05) is 4.47 Å². The summed E-state index contributed by atoms with van der Waals surface area (Å²) in [6, 6.07) is 15.0. The van der Waals surface area contributed by atoms with Gasteiger partial charge in [0.25, 0.3) is 0 Å². The molecule has 0 amide bonds. The van der Waals surface area contributed by atoms with E-state index in [0.29, 0.717) is 27.7 Å². The molecule has 0 aliphatic rings. The van der Waals surface area contributed by atoms with Crippen LogP contribution in [0.2, 0.25) is 0 Å². The number of methoxy groups -OCH3 is 1. The number of benzene rings is 3. The summed E-state index contributed by atoms with van der Waals surface area (Å²) in [5, 5.41) is 2.93. The topological polar surface area (TPSA) is 39.4 Å². The lowest BCUT2D eigenvalue weighted by atomic mass is 10.0. The number of ether oxygens (including phenoxy) is 1. The Balaban J connectivity index is 2.30. The average Bonchev–Trinajstić information content (AvgIpc) is 2.53. The quantitative estimate of drug-likeness (QED) is 0.361. The molecule has 0 saturated heterocycles. The van der Waals surface area contributed by atoms with Crippen LogP contribution in [0.3, 0.4) is 0 Å². The van der Waals surface area contributed by atoms with E-state index in [0.717, 1.165) is 15.2 Å². The van der Waals surface area contributed by atoms with Gasteiger partial charge in [-0.1, -0.05) is 34.1 Å². The van der Waals surface area contributed by atoms with Gasteiger partial charge in [-0.05, 0) is 41.1 Å². The van der Waals surface area contributed by atoms with Crippen LogP contribution in [-0.4, -0.2) is 7.11 Å². The lowest BCUT2D eigenvalue weighted by Crippen LogP contribution is -2.04. The summed E-state index contributed by atoms with van der Waals surface area (Å²) < 4.78 is 12.2. The van der Waals surface area contributed by atoms with Crippen LogP contribution in [0.15, 0.2) is 62.2 Å².